The van der Waals surface area contributed by atoms with Crippen molar-refractivity contribution in [2.45, 2.75) is 231 Å². The van der Waals surface area contributed by atoms with E-state index in [9.17, 15) is 19.4 Å². The van der Waals surface area contributed by atoms with Crippen LogP contribution in [0.1, 0.15) is 219 Å². The first-order valence-electron chi connectivity index (χ1n) is 28.3. The van der Waals surface area contributed by atoms with Gasteiger partial charge in [0.05, 0.1) is 39.9 Å². The number of aliphatic hydroxyl groups excluding tert-OH is 1. The Morgan fingerprint density at radius 1 is 0.500 bits per heavy atom. The number of quaternary nitrogens is 1. The van der Waals surface area contributed by atoms with Gasteiger partial charge in [-0.25, -0.2) is 4.57 Å². The number of amides is 1. The van der Waals surface area contributed by atoms with E-state index < -0.39 is 20.0 Å². The van der Waals surface area contributed by atoms with Gasteiger partial charge in [0.2, 0.25) is 5.91 Å². The Morgan fingerprint density at radius 3 is 1.26 bits per heavy atom. The van der Waals surface area contributed by atoms with E-state index in [1.807, 2.05) is 27.2 Å². The molecule has 0 aromatic heterocycles. The first-order valence-corrected chi connectivity index (χ1v) is 29.8. The number of nitrogens with zero attached hydrogens (tertiary/aromatic N) is 1. The van der Waals surface area contributed by atoms with Gasteiger partial charge in [0.25, 0.3) is 0 Å². The first-order chi connectivity index (χ1) is 34.0. The minimum atomic E-state index is -4.33. The summed E-state index contributed by atoms with van der Waals surface area (Å²) in [6.07, 6.45) is 75.2. The van der Waals surface area contributed by atoms with E-state index in [1.54, 1.807) is 6.08 Å². The molecule has 3 N–H and O–H groups in total. The second-order valence-corrected chi connectivity index (χ2v) is 21.4. The van der Waals surface area contributed by atoms with E-state index in [0.717, 1.165) is 89.9 Å². The van der Waals surface area contributed by atoms with Crippen LogP contribution in [0.5, 0.6) is 0 Å². The van der Waals surface area contributed by atoms with Crippen LogP contribution in [0.2, 0.25) is 0 Å². The molecule has 3 atom stereocenters. The van der Waals surface area contributed by atoms with Gasteiger partial charge in [-0.3, -0.25) is 13.8 Å². The minimum Gasteiger partial charge on any atom is -0.387 e. The highest BCUT2D eigenvalue weighted by Crippen LogP contribution is 2.43. The van der Waals surface area contributed by atoms with Crippen molar-refractivity contribution in [3.63, 3.8) is 0 Å². The van der Waals surface area contributed by atoms with Gasteiger partial charge in [0.15, 0.2) is 0 Å². The van der Waals surface area contributed by atoms with Crippen LogP contribution in [0.4, 0.5) is 0 Å². The number of phosphoric ester groups is 1. The number of unbranched alkanes of at least 4 members (excludes halogenated alkanes) is 21. The van der Waals surface area contributed by atoms with Crippen LogP contribution in [-0.2, 0) is 18.4 Å². The zero-order valence-corrected chi connectivity index (χ0v) is 46.6. The van der Waals surface area contributed by atoms with Crippen molar-refractivity contribution in [2.24, 2.45) is 0 Å². The number of hydrogen-bond acceptors (Lipinski definition) is 5. The monoisotopic (exact) mass is 996 g/mol. The molecule has 8 nitrogen and oxygen atoms in total. The zero-order valence-electron chi connectivity index (χ0n) is 45.7. The molecule has 0 aliphatic heterocycles. The molecule has 3 unspecified atom stereocenters. The molecule has 0 radical (unpaired) electrons. The van der Waals surface area contributed by atoms with Gasteiger partial charge < -0.3 is 19.8 Å². The second-order valence-electron chi connectivity index (χ2n) is 19.9. The fourth-order valence-electron chi connectivity index (χ4n) is 7.59. The number of allylic oxidation sites excluding steroid dienone is 17. The number of hydrogen-bond donors (Lipinski definition) is 3. The van der Waals surface area contributed by atoms with Crippen LogP contribution in [0.3, 0.4) is 0 Å². The van der Waals surface area contributed by atoms with E-state index in [-0.39, 0.29) is 19.1 Å². The predicted octanol–water partition coefficient (Wildman–Crippen LogP) is 17.2. The van der Waals surface area contributed by atoms with Crippen molar-refractivity contribution in [1.29, 1.82) is 0 Å². The Morgan fingerprint density at radius 2 is 0.857 bits per heavy atom. The summed E-state index contributed by atoms with van der Waals surface area (Å²) >= 11 is 0. The van der Waals surface area contributed by atoms with E-state index in [2.05, 4.69) is 116 Å². The summed E-state index contributed by atoms with van der Waals surface area (Å²) in [4.78, 5) is 23.1. The molecule has 0 fully saturated rings. The van der Waals surface area contributed by atoms with Crippen LogP contribution in [-0.4, -0.2) is 73.4 Å². The summed E-state index contributed by atoms with van der Waals surface area (Å²) in [6.45, 7) is 4.63. The molecule has 0 aliphatic rings. The van der Waals surface area contributed by atoms with Crippen LogP contribution in [0.15, 0.2) is 109 Å². The molecule has 0 spiro atoms. The van der Waals surface area contributed by atoms with Gasteiger partial charge in [-0.1, -0.05) is 239 Å². The zero-order chi connectivity index (χ0) is 51.3. The number of carbonyl (C=O) groups excluding carboxylic acids is 1. The maximum absolute atomic E-state index is 12.9. The van der Waals surface area contributed by atoms with Crippen molar-refractivity contribution in [3.05, 3.63) is 109 Å². The minimum absolute atomic E-state index is 0.0579. The standard InChI is InChI=1S/C61H107N2O6P/c1-6-8-10-12-14-15-16-17-18-19-20-21-22-23-24-25-26-27-28-29-30-31-32-33-34-35-36-37-38-39-40-41-42-43-44-45-46-47-49-51-53-55-61(65)62-59(60(64)54-52-50-48-13-11-9-7-2)58-69-70(66,67)68-57-56-63(3,4)5/h8,10,14-15,17-18,20-21,23-24,26-27,29-30,32-33,52,54,59-60,64H,6-7,9,11-13,16,19,22,25,28,31,34-51,53,55-58H2,1-5H3,(H-,62,65,66,67)/p+1/b10-8-,15-14-,18-17-,21-20-,24-23-,27-26-,30-29-,33-32-,54-52+. The highest BCUT2D eigenvalue weighted by molar-refractivity contribution is 7.47. The topological polar surface area (TPSA) is 105 Å². The highest BCUT2D eigenvalue weighted by Gasteiger charge is 2.27. The van der Waals surface area contributed by atoms with Gasteiger partial charge >= 0.3 is 7.82 Å². The fraction of sp³-hybridized carbons (Fsp3) is 0.689. The van der Waals surface area contributed by atoms with Crippen LogP contribution >= 0.6 is 7.82 Å². The molecule has 0 aromatic rings. The lowest BCUT2D eigenvalue weighted by Crippen LogP contribution is -2.45. The fourth-order valence-corrected chi connectivity index (χ4v) is 8.32. The van der Waals surface area contributed by atoms with Gasteiger partial charge in [0, 0.05) is 6.42 Å². The van der Waals surface area contributed by atoms with Crippen LogP contribution in [0, 0.1) is 0 Å². The SMILES string of the molecule is CC/C=C\C/C=C\C/C=C\C/C=C\C/C=C\C/C=C\C/C=C\C/C=C\CCCCCCCCCCCCCCCCCCC(=O)NC(COP(=O)(O)OCC[N+](C)(C)C)C(O)/C=C/CCCCCCC. The number of likely N-dealkylation sites (N-methyl/N-ethyl adjacent to an activating group) is 1. The Bertz CT molecular complexity index is 1500. The van der Waals surface area contributed by atoms with Crippen molar-refractivity contribution < 1.29 is 32.9 Å². The molecular weight excluding hydrogens is 888 g/mol. The van der Waals surface area contributed by atoms with Gasteiger partial charge in [-0.15, -0.1) is 0 Å². The van der Waals surface area contributed by atoms with Crippen molar-refractivity contribution in [2.75, 3.05) is 40.9 Å². The Hall–Kier alpha value is -2.84. The molecule has 9 heteroatoms. The number of phosphoric acid groups is 1. The predicted molar refractivity (Wildman–Crippen MR) is 304 cm³/mol. The molecule has 0 aromatic carbocycles. The van der Waals surface area contributed by atoms with Crippen LogP contribution < -0.4 is 5.32 Å². The molecule has 0 aliphatic carbocycles. The lowest BCUT2D eigenvalue weighted by molar-refractivity contribution is -0.870. The second kappa shape index (κ2) is 51.1. The maximum atomic E-state index is 12.9. The van der Waals surface area contributed by atoms with Crippen molar-refractivity contribution in [1.82, 2.24) is 5.32 Å². The average Bonchev–Trinajstić information content (AvgIpc) is 3.32. The highest BCUT2D eigenvalue weighted by atomic mass is 31.2. The Kier molecular flexibility index (Phi) is 49.0. The summed E-state index contributed by atoms with van der Waals surface area (Å²) in [5.41, 5.74) is 0. The maximum Gasteiger partial charge on any atom is 0.472 e. The molecule has 0 bridgehead atoms. The van der Waals surface area contributed by atoms with E-state index in [0.29, 0.717) is 17.4 Å². The smallest absolute Gasteiger partial charge is 0.387 e. The normalized spacial score (nSPS) is 14.8. The summed E-state index contributed by atoms with van der Waals surface area (Å²) in [6, 6.07) is -0.847. The summed E-state index contributed by atoms with van der Waals surface area (Å²) in [5.74, 6) is -0.185. The quantitative estimate of drug-likeness (QED) is 0.0243. The molecule has 70 heavy (non-hydrogen) atoms. The largest absolute Gasteiger partial charge is 0.472 e. The summed E-state index contributed by atoms with van der Waals surface area (Å²) in [7, 11) is 1.56. The molecule has 402 valence electrons. The van der Waals surface area contributed by atoms with E-state index >= 15 is 0 Å². The number of carbonyl (C=O) groups is 1. The Balaban J connectivity index is 3.86. The molecule has 1 amide bonds. The van der Waals surface area contributed by atoms with Crippen molar-refractivity contribution in [3.8, 4) is 0 Å². The van der Waals surface area contributed by atoms with Gasteiger partial charge in [0.1, 0.15) is 13.2 Å². The lowest BCUT2D eigenvalue weighted by atomic mass is 10.0. The van der Waals surface area contributed by atoms with E-state index in [4.69, 9.17) is 9.05 Å². The van der Waals surface area contributed by atoms with Gasteiger partial charge in [-0.05, 0) is 83.5 Å². The lowest BCUT2D eigenvalue weighted by Gasteiger charge is -2.25. The number of aliphatic hydroxyl groups is 1. The molecule has 0 saturated carbocycles. The number of rotatable bonds is 50. The Labute approximate surface area is 431 Å². The molecular formula is C61H108N2O6P+. The molecule has 0 saturated heterocycles. The van der Waals surface area contributed by atoms with Crippen molar-refractivity contribution >= 4 is 13.7 Å². The van der Waals surface area contributed by atoms with E-state index in [1.165, 1.54) is 109 Å². The van der Waals surface area contributed by atoms with Crippen LogP contribution in [0.25, 0.3) is 0 Å². The number of nitrogens with one attached hydrogen (secondary N) is 1. The summed E-state index contributed by atoms with van der Waals surface area (Å²) in [5, 5.41) is 13.7. The average molecular weight is 997 g/mol. The first kappa shape index (κ1) is 67.2. The van der Waals surface area contributed by atoms with Gasteiger partial charge in [-0.2, -0.15) is 0 Å². The third kappa shape index (κ3) is 53.0. The molecule has 0 rings (SSSR count). The molecule has 0 heterocycles. The summed E-state index contributed by atoms with van der Waals surface area (Å²) < 4.78 is 23.5. The third-order valence-electron chi connectivity index (χ3n) is 12.0. The third-order valence-corrected chi connectivity index (χ3v) is 13.0.